The number of benzene rings is 1. The van der Waals surface area contributed by atoms with Gasteiger partial charge in [-0.25, -0.2) is 0 Å². The molecule has 2 unspecified atom stereocenters. The van der Waals surface area contributed by atoms with Gasteiger partial charge in [-0.3, -0.25) is 9.69 Å². The molecule has 0 aliphatic carbocycles. The monoisotopic (exact) mass is 281 g/mol. The molecule has 0 aromatic heterocycles. The molecular weight excluding hydrogens is 262 g/mol. The number of hydrogen-bond acceptors (Lipinski definition) is 2. The van der Waals surface area contributed by atoms with Gasteiger partial charge in [-0.2, -0.15) is 0 Å². The zero-order chi connectivity index (χ0) is 13.8. The Morgan fingerprint density at radius 2 is 2.00 bits per heavy atom. The van der Waals surface area contributed by atoms with Crippen molar-refractivity contribution in [2.45, 2.75) is 44.7 Å². The van der Waals surface area contributed by atoms with Crippen LogP contribution in [0.4, 0.5) is 0 Å². The molecule has 0 bridgehead atoms. The number of carboxylic acid groups (broad SMARTS) is 1. The Hall–Kier alpha value is -1.06. The largest absolute Gasteiger partial charge is 0.480 e. The minimum Gasteiger partial charge on any atom is -0.480 e. The normalized spacial score (nSPS) is 22.7. The van der Waals surface area contributed by atoms with E-state index in [0.717, 1.165) is 37.8 Å². The first-order valence-corrected chi connectivity index (χ1v) is 7.21. The van der Waals surface area contributed by atoms with Crippen LogP contribution in [0.15, 0.2) is 24.3 Å². The van der Waals surface area contributed by atoms with Gasteiger partial charge < -0.3 is 5.11 Å². The molecule has 2 rings (SSSR count). The third-order valence-corrected chi connectivity index (χ3v) is 4.18. The highest BCUT2D eigenvalue weighted by atomic mass is 35.5. The molecule has 1 fully saturated rings. The number of carboxylic acids is 1. The molecule has 19 heavy (non-hydrogen) atoms. The Morgan fingerprint density at radius 3 is 2.63 bits per heavy atom. The van der Waals surface area contributed by atoms with E-state index >= 15 is 0 Å². The topological polar surface area (TPSA) is 40.5 Å². The summed E-state index contributed by atoms with van der Waals surface area (Å²) in [4.78, 5) is 13.6. The molecule has 104 valence electrons. The van der Waals surface area contributed by atoms with E-state index in [2.05, 4.69) is 11.8 Å². The van der Waals surface area contributed by atoms with Crippen LogP contribution in [-0.4, -0.2) is 28.6 Å². The molecule has 1 aliphatic rings. The average molecular weight is 282 g/mol. The number of likely N-dealkylation sites (tertiary alicyclic amines) is 1. The number of nitrogens with zero attached hydrogens (tertiary/aromatic N) is 1. The summed E-state index contributed by atoms with van der Waals surface area (Å²) in [5.41, 5.74) is 1.12. The highest BCUT2D eigenvalue weighted by molar-refractivity contribution is 6.30. The van der Waals surface area contributed by atoms with E-state index in [9.17, 15) is 9.90 Å². The summed E-state index contributed by atoms with van der Waals surface area (Å²) in [6.45, 7) is 2.92. The van der Waals surface area contributed by atoms with Crippen LogP contribution in [0, 0.1) is 0 Å². The molecule has 1 aliphatic heterocycles. The lowest BCUT2D eigenvalue weighted by molar-refractivity contribution is -0.144. The Balaban J connectivity index is 2.20. The van der Waals surface area contributed by atoms with Crippen LogP contribution >= 0.6 is 11.6 Å². The first-order valence-electron chi connectivity index (χ1n) is 6.83. The molecule has 1 saturated heterocycles. The molecule has 3 nitrogen and oxygen atoms in total. The minimum atomic E-state index is -0.706. The number of hydrogen-bond donors (Lipinski definition) is 1. The maximum Gasteiger partial charge on any atom is 0.320 e. The van der Waals surface area contributed by atoms with Crippen LogP contribution in [-0.2, 0) is 4.79 Å². The van der Waals surface area contributed by atoms with Crippen molar-refractivity contribution in [2.24, 2.45) is 0 Å². The van der Waals surface area contributed by atoms with Gasteiger partial charge in [0.25, 0.3) is 0 Å². The van der Waals surface area contributed by atoms with Crippen molar-refractivity contribution in [1.82, 2.24) is 4.90 Å². The predicted molar refractivity (Wildman–Crippen MR) is 76.5 cm³/mol. The number of rotatable bonds is 3. The zero-order valence-corrected chi connectivity index (χ0v) is 11.9. The van der Waals surface area contributed by atoms with Crippen molar-refractivity contribution in [1.29, 1.82) is 0 Å². The van der Waals surface area contributed by atoms with E-state index in [1.807, 2.05) is 24.3 Å². The summed E-state index contributed by atoms with van der Waals surface area (Å²) in [5.74, 6) is -0.706. The molecule has 4 heteroatoms. The molecule has 0 spiro atoms. The van der Waals surface area contributed by atoms with E-state index in [-0.39, 0.29) is 12.1 Å². The molecule has 1 N–H and O–H groups in total. The van der Waals surface area contributed by atoms with Crippen molar-refractivity contribution in [2.75, 3.05) is 6.54 Å². The quantitative estimate of drug-likeness (QED) is 0.918. The van der Waals surface area contributed by atoms with Gasteiger partial charge in [0.15, 0.2) is 0 Å². The molecule has 1 aromatic rings. The van der Waals surface area contributed by atoms with Crippen molar-refractivity contribution in [3.63, 3.8) is 0 Å². The standard InChI is InChI=1S/C15H20ClNO2/c1-11(12-6-8-13(16)9-7-12)17-10-4-2-3-5-14(17)15(18)19/h6-9,11,14H,2-5,10H2,1H3,(H,18,19). The van der Waals surface area contributed by atoms with Crippen LogP contribution in [0.25, 0.3) is 0 Å². The third kappa shape index (κ3) is 3.48. The van der Waals surface area contributed by atoms with Crippen molar-refractivity contribution >= 4 is 17.6 Å². The highest BCUT2D eigenvalue weighted by Crippen LogP contribution is 2.28. The maximum atomic E-state index is 11.4. The summed E-state index contributed by atoms with van der Waals surface area (Å²) in [6.07, 6.45) is 3.93. The molecule has 2 atom stereocenters. The average Bonchev–Trinajstić information content (AvgIpc) is 2.64. The predicted octanol–water partition coefficient (Wildman–Crippen LogP) is 3.73. The van der Waals surface area contributed by atoms with Crippen LogP contribution < -0.4 is 0 Å². The number of aliphatic carboxylic acids is 1. The molecule has 1 aromatic carbocycles. The smallest absolute Gasteiger partial charge is 0.320 e. The van der Waals surface area contributed by atoms with E-state index < -0.39 is 5.97 Å². The van der Waals surface area contributed by atoms with E-state index in [0.29, 0.717) is 5.02 Å². The summed E-state index contributed by atoms with van der Waals surface area (Å²) in [7, 11) is 0. The van der Waals surface area contributed by atoms with Crippen LogP contribution in [0.1, 0.15) is 44.2 Å². The van der Waals surface area contributed by atoms with Gasteiger partial charge in [0.1, 0.15) is 6.04 Å². The summed E-state index contributed by atoms with van der Waals surface area (Å²) >= 11 is 5.90. The fourth-order valence-electron chi connectivity index (χ4n) is 2.79. The van der Waals surface area contributed by atoms with Crippen molar-refractivity contribution < 1.29 is 9.90 Å². The summed E-state index contributed by atoms with van der Waals surface area (Å²) in [5, 5.41) is 10.1. The highest BCUT2D eigenvalue weighted by Gasteiger charge is 2.30. The zero-order valence-electron chi connectivity index (χ0n) is 11.2. The molecule has 0 radical (unpaired) electrons. The molecular formula is C15H20ClNO2. The molecule has 0 saturated carbocycles. The number of halogens is 1. The van der Waals surface area contributed by atoms with Gasteiger partial charge in [0.05, 0.1) is 0 Å². The Labute approximate surface area is 119 Å². The Bertz CT molecular complexity index is 432. The van der Waals surface area contributed by atoms with Crippen molar-refractivity contribution in [3.8, 4) is 0 Å². The number of carbonyl (C=O) groups is 1. The van der Waals surface area contributed by atoms with Gasteiger partial charge in [-0.15, -0.1) is 0 Å². The fourth-order valence-corrected chi connectivity index (χ4v) is 2.92. The first-order chi connectivity index (χ1) is 9.09. The second-order valence-corrected chi connectivity index (χ2v) is 5.61. The van der Waals surface area contributed by atoms with Crippen LogP contribution in [0.3, 0.4) is 0 Å². The van der Waals surface area contributed by atoms with Gasteiger partial charge >= 0.3 is 5.97 Å². The van der Waals surface area contributed by atoms with E-state index in [1.165, 1.54) is 0 Å². The lowest BCUT2D eigenvalue weighted by atomic mass is 10.0. The Morgan fingerprint density at radius 1 is 1.32 bits per heavy atom. The van der Waals surface area contributed by atoms with Crippen LogP contribution in [0.5, 0.6) is 0 Å². The fraction of sp³-hybridized carbons (Fsp3) is 0.533. The van der Waals surface area contributed by atoms with Gasteiger partial charge in [-0.1, -0.05) is 36.6 Å². The lowest BCUT2D eigenvalue weighted by Crippen LogP contribution is -2.42. The van der Waals surface area contributed by atoms with Gasteiger partial charge in [-0.05, 0) is 44.0 Å². The van der Waals surface area contributed by atoms with Gasteiger partial charge in [0, 0.05) is 11.1 Å². The van der Waals surface area contributed by atoms with Crippen molar-refractivity contribution in [3.05, 3.63) is 34.9 Å². The minimum absolute atomic E-state index is 0.108. The maximum absolute atomic E-state index is 11.4. The second-order valence-electron chi connectivity index (χ2n) is 5.17. The van der Waals surface area contributed by atoms with E-state index in [4.69, 9.17) is 11.6 Å². The molecule has 1 heterocycles. The summed E-state index contributed by atoms with van der Waals surface area (Å²) in [6, 6.07) is 7.43. The first kappa shape index (κ1) is 14.4. The van der Waals surface area contributed by atoms with E-state index in [1.54, 1.807) is 0 Å². The second kappa shape index (κ2) is 6.40. The Kier molecular flexibility index (Phi) is 4.83. The lowest BCUT2D eigenvalue weighted by Gasteiger charge is -2.33. The third-order valence-electron chi connectivity index (χ3n) is 3.93. The SMILES string of the molecule is CC(c1ccc(Cl)cc1)N1CCCCCC1C(=O)O. The van der Waals surface area contributed by atoms with Crippen LogP contribution in [0.2, 0.25) is 5.02 Å². The summed E-state index contributed by atoms with van der Waals surface area (Å²) < 4.78 is 0. The van der Waals surface area contributed by atoms with Gasteiger partial charge in [0.2, 0.25) is 0 Å². The molecule has 0 amide bonds.